The van der Waals surface area contributed by atoms with Crippen LogP contribution in [0.15, 0.2) is 53.7 Å². The average Bonchev–Trinajstić information content (AvgIpc) is 3.10. The monoisotopic (exact) mass is 383 g/mol. The highest BCUT2D eigenvalue weighted by Crippen LogP contribution is 2.26. The van der Waals surface area contributed by atoms with Gasteiger partial charge in [-0.15, -0.1) is 0 Å². The van der Waals surface area contributed by atoms with Gasteiger partial charge in [0.15, 0.2) is 0 Å². The summed E-state index contributed by atoms with van der Waals surface area (Å²) in [5, 5.41) is 0.238. The van der Waals surface area contributed by atoms with Crippen molar-refractivity contribution in [1.82, 2.24) is 15.0 Å². The summed E-state index contributed by atoms with van der Waals surface area (Å²) in [6.07, 6.45) is 4.53. The van der Waals surface area contributed by atoms with E-state index in [1.807, 2.05) is 0 Å². The third-order valence-electron chi connectivity index (χ3n) is 4.38. The van der Waals surface area contributed by atoms with Crippen LogP contribution in [0.2, 0.25) is 0 Å². The van der Waals surface area contributed by atoms with Crippen molar-refractivity contribution in [3.05, 3.63) is 99.1 Å². The van der Waals surface area contributed by atoms with Crippen LogP contribution in [0.4, 0.5) is 13.2 Å². The normalized spacial score (nSPS) is 11.1. The van der Waals surface area contributed by atoms with Crippen molar-refractivity contribution < 1.29 is 18.0 Å². The molecular weight excluding hydrogens is 371 g/mol. The molecule has 5 nitrogen and oxygen atoms in total. The van der Waals surface area contributed by atoms with Gasteiger partial charge >= 0.3 is 0 Å². The molecule has 8 heteroatoms. The molecule has 0 spiro atoms. The summed E-state index contributed by atoms with van der Waals surface area (Å²) in [6.45, 7) is 0. The maximum Gasteiger partial charge on any atom is 0.272 e. The predicted molar refractivity (Wildman–Crippen MR) is 95.7 cm³/mol. The Hall–Kier alpha value is -3.68. The SMILES string of the molecule is O=C(c1c(F)cc(F)cc1F)c1c[nH]c2c(=O)[nH]cc(Cc3ccccn3)c12. The lowest BCUT2D eigenvalue weighted by Gasteiger charge is -2.07. The predicted octanol–water partition coefficient (Wildman–Crippen LogP) is 3.49. The Balaban J connectivity index is 1.90. The molecule has 0 amide bonds. The Kier molecular flexibility index (Phi) is 4.31. The molecule has 0 atom stereocenters. The van der Waals surface area contributed by atoms with Gasteiger partial charge in [-0.2, -0.15) is 0 Å². The number of H-pyrrole nitrogens is 2. The Morgan fingerprint density at radius 3 is 2.46 bits per heavy atom. The van der Waals surface area contributed by atoms with E-state index in [0.717, 1.165) is 0 Å². The zero-order valence-corrected chi connectivity index (χ0v) is 14.2. The van der Waals surface area contributed by atoms with E-state index in [9.17, 15) is 22.8 Å². The molecule has 4 aromatic rings. The molecule has 4 rings (SSSR count). The molecule has 0 radical (unpaired) electrons. The largest absolute Gasteiger partial charge is 0.356 e. The van der Waals surface area contributed by atoms with Crippen LogP contribution in [0.3, 0.4) is 0 Å². The number of rotatable bonds is 4. The van der Waals surface area contributed by atoms with E-state index in [0.29, 0.717) is 23.4 Å². The van der Waals surface area contributed by atoms with Crippen molar-refractivity contribution in [2.24, 2.45) is 0 Å². The summed E-state index contributed by atoms with van der Waals surface area (Å²) in [5.74, 6) is -4.74. The molecule has 0 bridgehead atoms. The molecule has 0 aliphatic rings. The summed E-state index contributed by atoms with van der Waals surface area (Å²) in [5.41, 5.74) is -0.142. The smallest absolute Gasteiger partial charge is 0.272 e. The summed E-state index contributed by atoms with van der Waals surface area (Å²) in [7, 11) is 0. The Morgan fingerprint density at radius 2 is 1.79 bits per heavy atom. The molecule has 0 saturated heterocycles. The molecule has 3 heterocycles. The van der Waals surface area contributed by atoms with E-state index in [4.69, 9.17) is 0 Å². The molecular formula is C20H12F3N3O2. The highest BCUT2D eigenvalue weighted by Gasteiger charge is 2.25. The van der Waals surface area contributed by atoms with Crippen LogP contribution >= 0.6 is 0 Å². The number of fused-ring (bicyclic) bond motifs is 1. The van der Waals surface area contributed by atoms with E-state index in [2.05, 4.69) is 15.0 Å². The quantitative estimate of drug-likeness (QED) is 0.530. The van der Waals surface area contributed by atoms with Gasteiger partial charge in [0.1, 0.15) is 23.0 Å². The van der Waals surface area contributed by atoms with Gasteiger partial charge in [-0.25, -0.2) is 13.2 Å². The molecule has 140 valence electrons. The molecule has 28 heavy (non-hydrogen) atoms. The number of aromatic nitrogens is 3. The third kappa shape index (κ3) is 2.98. The number of nitrogens with zero attached hydrogens (tertiary/aromatic N) is 1. The summed E-state index contributed by atoms with van der Waals surface area (Å²) in [4.78, 5) is 34.4. The van der Waals surface area contributed by atoms with Crippen LogP contribution in [-0.4, -0.2) is 20.7 Å². The number of benzene rings is 1. The fourth-order valence-electron chi connectivity index (χ4n) is 3.14. The molecule has 1 aromatic carbocycles. The second-order valence-electron chi connectivity index (χ2n) is 6.17. The fourth-order valence-corrected chi connectivity index (χ4v) is 3.14. The molecule has 0 fully saturated rings. The molecule has 2 N–H and O–H groups in total. The lowest BCUT2D eigenvalue weighted by Crippen LogP contribution is -2.11. The number of aromatic amines is 2. The van der Waals surface area contributed by atoms with Gasteiger partial charge in [0.25, 0.3) is 5.56 Å². The summed E-state index contributed by atoms with van der Waals surface area (Å²) < 4.78 is 41.4. The average molecular weight is 383 g/mol. The van der Waals surface area contributed by atoms with Crippen LogP contribution in [0.5, 0.6) is 0 Å². The van der Waals surface area contributed by atoms with Gasteiger partial charge in [-0.3, -0.25) is 14.6 Å². The van der Waals surface area contributed by atoms with Crippen LogP contribution in [0.1, 0.15) is 27.2 Å². The maximum absolute atomic E-state index is 14.1. The van der Waals surface area contributed by atoms with Crippen molar-refractivity contribution in [3.63, 3.8) is 0 Å². The number of nitrogens with one attached hydrogen (secondary N) is 2. The van der Waals surface area contributed by atoms with E-state index in [1.54, 1.807) is 24.4 Å². The molecule has 3 aromatic heterocycles. The van der Waals surface area contributed by atoms with E-state index < -0.39 is 34.4 Å². The van der Waals surface area contributed by atoms with Crippen molar-refractivity contribution >= 4 is 16.7 Å². The first-order valence-corrected chi connectivity index (χ1v) is 8.26. The zero-order chi connectivity index (χ0) is 19.8. The molecule has 0 unspecified atom stereocenters. The minimum Gasteiger partial charge on any atom is -0.356 e. The number of ketones is 1. The molecule has 0 aliphatic carbocycles. The van der Waals surface area contributed by atoms with Gasteiger partial charge in [-0.05, 0) is 17.7 Å². The number of hydrogen-bond acceptors (Lipinski definition) is 3. The molecule has 0 aliphatic heterocycles. The van der Waals surface area contributed by atoms with E-state index in [-0.39, 0.29) is 22.9 Å². The maximum atomic E-state index is 14.1. The topological polar surface area (TPSA) is 78.6 Å². The fraction of sp³-hybridized carbons (Fsp3) is 0.0500. The first-order chi connectivity index (χ1) is 13.5. The van der Waals surface area contributed by atoms with E-state index in [1.165, 1.54) is 12.4 Å². The van der Waals surface area contributed by atoms with Crippen molar-refractivity contribution in [3.8, 4) is 0 Å². The zero-order valence-electron chi connectivity index (χ0n) is 14.2. The van der Waals surface area contributed by atoms with Gasteiger partial charge in [0.05, 0.1) is 5.56 Å². The first kappa shape index (κ1) is 17.7. The van der Waals surface area contributed by atoms with Gasteiger partial charge < -0.3 is 9.97 Å². The highest BCUT2D eigenvalue weighted by atomic mass is 19.1. The molecule has 0 saturated carbocycles. The van der Waals surface area contributed by atoms with Crippen LogP contribution in [0, 0.1) is 17.5 Å². The number of carbonyl (C=O) groups is 1. The minimum atomic E-state index is -1.31. The van der Waals surface area contributed by atoms with Crippen LogP contribution in [0.25, 0.3) is 10.9 Å². The summed E-state index contributed by atoms with van der Waals surface area (Å²) in [6, 6.07) is 6.18. The number of pyridine rings is 2. The van der Waals surface area contributed by atoms with Gasteiger partial charge in [0.2, 0.25) is 5.78 Å². The second-order valence-corrected chi connectivity index (χ2v) is 6.17. The number of carbonyl (C=O) groups excluding carboxylic acids is 1. The lowest BCUT2D eigenvalue weighted by molar-refractivity contribution is 0.103. The lowest BCUT2D eigenvalue weighted by atomic mass is 9.98. The van der Waals surface area contributed by atoms with Crippen molar-refractivity contribution in [1.29, 1.82) is 0 Å². The minimum absolute atomic E-state index is 0.0866. The highest BCUT2D eigenvalue weighted by molar-refractivity contribution is 6.17. The number of hydrogen-bond donors (Lipinski definition) is 2. The van der Waals surface area contributed by atoms with E-state index >= 15 is 0 Å². The van der Waals surface area contributed by atoms with Gasteiger partial charge in [0, 0.05) is 53.8 Å². The Morgan fingerprint density at radius 1 is 1.04 bits per heavy atom. The Bertz CT molecular complexity index is 1240. The van der Waals surface area contributed by atoms with Crippen LogP contribution in [-0.2, 0) is 6.42 Å². The standard InChI is InChI=1S/C20H12F3N3O2/c21-11-6-14(22)17(15(23)7-11)19(27)13-9-25-18-16(13)10(8-26-20(18)28)5-12-3-1-2-4-24-12/h1-4,6-9,25H,5H2,(H,26,28). The van der Waals surface area contributed by atoms with Crippen molar-refractivity contribution in [2.45, 2.75) is 6.42 Å². The van der Waals surface area contributed by atoms with Crippen LogP contribution < -0.4 is 5.56 Å². The number of halogens is 3. The van der Waals surface area contributed by atoms with Crippen molar-refractivity contribution in [2.75, 3.05) is 0 Å². The van der Waals surface area contributed by atoms with Gasteiger partial charge in [-0.1, -0.05) is 6.07 Å². The third-order valence-corrected chi connectivity index (χ3v) is 4.38. The first-order valence-electron chi connectivity index (χ1n) is 8.26. The Labute approximate surface area is 155 Å². The second kappa shape index (κ2) is 6.80. The summed E-state index contributed by atoms with van der Waals surface area (Å²) >= 11 is 0.